The predicted octanol–water partition coefficient (Wildman–Crippen LogP) is 2.88. The van der Waals surface area contributed by atoms with Gasteiger partial charge >= 0.3 is 0 Å². The van der Waals surface area contributed by atoms with Crippen molar-refractivity contribution >= 4 is 22.6 Å². The van der Waals surface area contributed by atoms with Crippen molar-refractivity contribution in [2.45, 2.75) is 25.9 Å². The van der Waals surface area contributed by atoms with Gasteiger partial charge < -0.3 is 10.3 Å². The monoisotopic (exact) mass is 303 g/mol. The molecule has 0 fully saturated rings. The first kappa shape index (κ1) is 14.1. The molecule has 0 radical (unpaired) electrons. The molecule has 5 nitrogen and oxygen atoms in total. The van der Waals surface area contributed by atoms with Crippen molar-refractivity contribution in [2.75, 3.05) is 0 Å². The summed E-state index contributed by atoms with van der Waals surface area (Å²) in [6.07, 6.45) is 4.71. The molecule has 1 aromatic carbocycles. The van der Waals surface area contributed by atoms with E-state index in [2.05, 4.69) is 16.6 Å². The highest BCUT2D eigenvalue weighted by Gasteiger charge is 2.19. The van der Waals surface area contributed by atoms with Crippen molar-refractivity contribution in [3.63, 3.8) is 0 Å². The summed E-state index contributed by atoms with van der Waals surface area (Å²) in [5.41, 5.74) is 9.29. The molecule has 0 bridgehead atoms. The number of fused-ring (bicyclic) bond motifs is 1. The topological polar surface area (TPSA) is 61.7 Å². The summed E-state index contributed by atoms with van der Waals surface area (Å²) in [6, 6.07) is 5.44. The van der Waals surface area contributed by atoms with Gasteiger partial charge in [-0.05, 0) is 24.6 Å². The molecule has 6 heteroatoms. The van der Waals surface area contributed by atoms with E-state index >= 15 is 0 Å². The maximum Gasteiger partial charge on any atom is 0.131 e. The van der Waals surface area contributed by atoms with Crippen LogP contribution in [0.3, 0.4) is 0 Å². The number of halogens is 1. The summed E-state index contributed by atoms with van der Waals surface area (Å²) in [5.74, 6) is 0.849. The molecule has 3 rings (SSSR count). The van der Waals surface area contributed by atoms with Gasteiger partial charge in [-0.2, -0.15) is 5.10 Å². The third-order valence-electron chi connectivity index (χ3n) is 3.55. The Morgan fingerprint density at radius 1 is 1.38 bits per heavy atom. The van der Waals surface area contributed by atoms with Crippen LogP contribution in [0.2, 0.25) is 5.02 Å². The molecule has 0 aliphatic carbocycles. The number of imidazole rings is 1. The first-order valence-corrected chi connectivity index (χ1v) is 7.37. The lowest BCUT2D eigenvalue weighted by atomic mass is 10.1. The molecule has 2 heterocycles. The zero-order chi connectivity index (χ0) is 15.0. The Morgan fingerprint density at radius 3 is 2.86 bits per heavy atom. The number of benzene rings is 1. The fourth-order valence-corrected chi connectivity index (χ4v) is 2.73. The maximum atomic E-state index is 6.39. The SMILES string of the molecule is CCCn1c(C(N)c2cnn(C)c2)nc2ccc(Cl)cc21. The normalized spacial score (nSPS) is 13.0. The molecule has 0 spiro atoms. The van der Waals surface area contributed by atoms with Crippen LogP contribution in [0.4, 0.5) is 0 Å². The Kier molecular flexibility index (Phi) is 3.69. The highest BCUT2D eigenvalue weighted by molar-refractivity contribution is 6.31. The minimum atomic E-state index is -0.295. The van der Waals surface area contributed by atoms with E-state index in [0.717, 1.165) is 35.4 Å². The van der Waals surface area contributed by atoms with Gasteiger partial charge in [-0.15, -0.1) is 0 Å². The van der Waals surface area contributed by atoms with Crippen LogP contribution in [-0.2, 0) is 13.6 Å². The average Bonchev–Trinajstić information content (AvgIpc) is 3.03. The van der Waals surface area contributed by atoms with E-state index in [1.165, 1.54) is 0 Å². The Hall–Kier alpha value is -1.85. The van der Waals surface area contributed by atoms with Crippen molar-refractivity contribution in [2.24, 2.45) is 12.8 Å². The second-order valence-corrected chi connectivity index (χ2v) is 5.62. The number of rotatable bonds is 4. The van der Waals surface area contributed by atoms with E-state index in [-0.39, 0.29) is 6.04 Å². The minimum Gasteiger partial charge on any atom is -0.326 e. The van der Waals surface area contributed by atoms with Gasteiger partial charge in [0.25, 0.3) is 0 Å². The fourth-order valence-electron chi connectivity index (χ4n) is 2.56. The Morgan fingerprint density at radius 2 is 2.19 bits per heavy atom. The van der Waals surface area contributed by atoms with Crippen molar-refractivity contribution in [3.8, 4) is 0 Å². The molecule has 110 valence electrons. The van der Waals surface area contributed by atoms with Crippen LogP contribution in [0.1, 0.15) is 30.8 Å². The number of hydrogen-bond acceptors (Lipinski definition) is 3. The molecule has 0 saturated heterocycles. The summed E-state index contributed by atoms with van der Waals surface area (Å²) >= 11 is 6.11. The predicted molar refractivity (Wildman–Crippen MR) is 84.3 cm³/mol. The Balaban J connectivity index is 2.14. The number of aromatic nitrogens is 4. The second kappa shape index (κ2) is 5.50. The number of nitrogens with two attached hydrogens (primary N) is 1. The number of hydrogen-bond donors (Lipinski definition) is 1. The highest BCUT2D eigenvalue weighted by atomic mass is 35.5. The quantitative estimate of drug-likeness (QED) is 0.806. The second-order valence-electron chi connectivity index (χ2n) is 5.18. The molecular weight excluding hydrogens is 286 g/mol. The standard InChI is InChI=1S/C15H18ClN5/c1-3-6-21-13-7-11(16)4-5-12(13)19-15(21)14(17)10-8-18-20(2)9-10/h4-5,7-9,14H,3,6,17H2,1-2H3. The van der Waals surface area contributed by atoms with Crippen LogP contribution in [0.15, 0.2) is 30.6 Å². The molecule has 3 aromatic rings. The van der Waals surface area contributed by atoms with E-state index < -0.39 is 0 Å². The van der Waals surface area contributed by atoms with Crippen LogP contribution < -0.4 is 5.73 Å². The molecule has 2 aromatic heterocycles. The highest BCUT2D eigenvalue weighted by Crippen LogP contribution is 2.26. The van der Waals surface area contributed by atoms with Crippen LogP contribution in [-0.4, -0.2) is 19.3 Å². The third kappa shape index (κ3) is 2.54. The van der Waals surface area contributed by atoms with Gasteiger partial charge in [-0.3, -0.25) is 4.68 Å². The van der Waals surface area contributed by atoms with Crippen molar-refractivity contribution < 1.29 is 0 Å². The third-order valence-corrected chi connectivity index (χ3v) is 3.78. The Labute approximate surface area is 128 Å². The summed E-state index contributed by atoms with van der Waals surface area (Å²) in [7, 11) is 1.88. The van der Waals surface area contributed by atoms with Gasteiger partial charge in [0, 0.05) is 30.4 Å². The van der Waals surface area contributed by atoms with Crippen LogP contribution >= 0.6 is 11.6 Å². The summed E-state index contributed by atoms with van der Waals surface area (Å²) in [4.78, 5) is 4.70. The molecule has 2 N–H and O–H groups in total. The smallest absolute Gasteiger partial charge is 0.131 e. The minimum absolute atomic E-state index is 0.295. The first-order valence-electron chi connectivity index (χ1n) is 7.00. The largest absolute Gasteiger partial charge is 0.326 e. The molecule has 0 amide bonds. The maximum absolute atomic E-state index is 6.39. The van der Waals surface area contributed by atoms with Crippen LogP contribution in [0.5, 0.6) is 0 Å². The van der Waals surface area contributed by atoms with E-state index in [0.29, 0.717) is 5.02 Å². The molecule has 1 unspecified atom stereocenters. The number of aryl methyl sites for hydroxylation is 2. The van der Waals surface area contributed by atoms with Crippen molar-refractivity contribution in [1.29, 1.82) is 0 Å². The van der Waals surface area contributed by atoms with E-state index in [9.17, 15) is 0 Å². The molecule has 0 aliphatic heterocycles. The summed E-state index contributed by atoms with van der Waals surface area (Å²) in [6.45, 7) is 3.00. The molecule has 0 aliphatic rings. The van der Waals surface area contributed by atoms with Gasteiger partial charge in [0.1, 0.15) is 5.82 Å². The van der Waals surface area contributed by atoms with E-state index in [1.807, 2.05) is 31.4 Å². The van der Waals surface area contributed by atoms with Crippen molar-refractivity contribution in [3.05, 3.63) is 47.0 Å². The molecule has 0 saturated carbocycles. The Bertz CT molecular complexity index is 774. The van der Waals surface area contributed by atoms with E-state index in [4.69, 9.17) is 22.3 Å². The van der Waals surface area contributed by atoms with Gasteiger partial charge in [0.2, 0.25) is 0 Å². The molecular formula is C15H18ClN5. The van der Waals surface area contributed by atoms with Crippen LogP contribution in [0.25, 0.3) is 11.0 Å². The first-order chi connectivity index (χ1) is 10.1. The lowest BCUT2D eigenvalue weighted by molar-refractivity contribution is 0.627. The average molecular weight is 304 g/mol. The summed E-state index contributed by atoms with van der Waals surface area (Å²) in [5, 5.41) is 4.89. The van der Waals surface area contributed by atoms with Gasteiger partial charge in [-0.1, -0.05) is 18.5 Å². The lowest BCUT2D eigenvalue weighted by Gasteiger charge is -2.12. The lowest BCUT2D eigenvalue weighted by Crippen LogP contribution is -2.17. The summed E-state index contributed by atoms with van der Waals surface area (Å²) < 4.78 is 3.90. The fraction of sp³-hybridized carbons (Fsp3) is 0.333. The van der Waals surface area contributed by atoms with E-state index in [1.54, 1.807) is 10.9 Å². The zero-order valence-electron chi connectivity index (χ0n) is 12.1. The zero-order valence-corrected chi connectivity index (χ0v) is 12.9. The van der Waals surface area contributed by atoms with Crippen LogP contribution in [0, 0.1) is 0 Å². The number of nitrogens with zero attached hydrogens (tertiary/aromatic N) is 4. The van der Waals surface area contributed by atoms with Crippen molar-refractivity contribution in [1.82, 2.24) is 19.3 Å². The van der Waals surface area contributed by atoms with Gasteiger partial charge in [-0.25, -0.2) is 4.98 Å². The van der Waals surface area contributed by atoms with Gasteiger partial charge in [0.05, 0.1) is 23.3 Å². The van der Waals surface area contributed by atoms with Gasteiger partial charge in [0.15, 0.2) is 0 Å². The molecule has 1 atom stereocenters. The molecule has 21 heavy (non-hydrogen) atoms.